The number of hydrogen-bond acceptors (Lipinski definition) is 6. The maximum atomic E-state index is 13.0. The average molecular weight is 313 g/mol. The highest BCUT2D eigenvalue weighted by atomic mass is 32.2. The molecule has 1 aromatic carbocycles. The van der Waals surface area contributed by atoms with E-state index in [2.05, 4.69) is 4.98 Å². The van der Waals surface area contributed by atoms with Crippen molar-refractivity contribution in [3.63, 3.8) is 0 Å². The summed E-state index contributed by atoms with van der Waals surface area (Å²) >= 11 is 0. The van der Waals surface area contributed by atoms with Crippen molar-refractivity contribution < 1.29 is 22.8 Å². The number of aromatic nitrogens is 1. The number of pyridine rings is 1. The third kappa shape index (κ3) is 3.23. The number of nitro groups is 1. The van der Waals surface area contributed by atoms with Gasteiger partial charge in [0.1, 0.15) is 16.5 Å². The number of nitrogens with zero attached hydrogens (tertiary/aromatic N) is 2. The minimum Gasteiger partial charge on any atom is -0.505 e. The Bertz CT molecular complexity index is 809. The van der Waals surface area contributed by atoms with E-state index in [1.807, 2.05) is 4.72 Å². The highest BCUT2D eigenvalue weighted by Gasteiger charge is 2.18. The van der Waals surface area contributed by atoms with Crippen molar-refractivity contribution in [3.8, 4) is 5.75 Å². The molecule has 2 aromatic rings. The lowest BCUT2D eigenvalue weighted by Crippen LogP contribution is -2.13. The number of nitrogens with one attached hydrogen (secondary N) is 1. The Morgan fingerprint density at radius 1 is 1.29 bits per heavy atom. The molecule has 2 rings (SSSR count). The Hall–Kier alpha value is -2.75. The molecule has 0 amide bonds. The van der Waals surface area contributed by atoms with Crippen LogP contribution in [-0.4, -0.2) is 23.4 Å². The molecular weight excluding hydrogens is 305 g/mol. The summed E-state index contributed by atoms with van der Waals surface area (Å²) in [6, 6.07) is 3.58. The number of non-ortho nitro benzene ring substituents is 1. The summed E-state index contributed by atoms with van der Waals surface area (Å²) in [5, 5.41) is 20.1. The molecule has 110 valence electrons. The minimum atomic E-state index is -4.17. The van der Waals surface area contributed by atoms with E-state index in [0.29, 0.717) is 0 Å². The molecule has 8 nitrogen and oxygen atoms in total. The van der Waals surface area contributed by atoms with E-state index in [-0.39, 0.29) is 5.69 Å². The molecule has 0 saturated heterocycles. The number of phenolic OH excluding ortho intramolecular Hbond substituents is 1. The third-order valence-corrected chi connectivity index (χ3v) is 3.76. The van der Waals surface area contributed by atoms with E-state index in [9.17, 15) is 28.0 Å². The molecule has 10 heteroatoms. The number of sulfonamides is 1. The zero-order chi connectivity index (χ0) is 15.6. The van der Waals surface area contributed by atoms with Crippen LogP contribution in [0.25, 0.3) is 0 Å². The number of rotatable bonds is 4. The van der Waals surface area contributed by atoms with Gasteiger partial charge in [0.05, 0.1) is 22.9 Å². The zero-order valence-corrected chi connectivity index (χ0v) is 11.0. The maximum absolute atomic E-state index is 13.0. The number of anilines is 1. The third-order valence-electron chi connectivity index (χ3n) is 2.43. The first kappa shape index (κ1) is 14.7. The van der Waals surface area contributed by atoms with Crippen LogP contribution < -0.4 is 4.72 Å². The van der Waals surface area contributed by atoms with E-state index >= 15 is 0 Å². The van der Waals surface area contributed by atoms with Crippen LogP contribution in [0.2, 0.25) is 0 Å². The van der Waals surface area contributed by atoms with Gasteiger partial charge < -0.3 is 5.11 Å². The van der Waals surface area contributed by atoms with Gasteiger partial charge in [0.15, 0.2) is 0 Å². The maximum Gasteiger partial charge on any atom is 0.273 e. The molecule has 0 radical (unpaired) electrons. The van der Waals surface area contributed by atoms with E-state index < -0.39 is 37.1 Å². The molecule has 21 heavy (non-hydrogen) atoms. The van der Waals surface area contributed by atoms with Crippen LogP contribution in [0.15, 0.2) is 41.6 Å². The number of halogens is 1. The largest absolute Gasteiger partial charge is 0.505 e. The molecule has 0 unspecified atom stereocenters. The van der Waals surface area contributed by atoms with Gasteiger partial charge in [-0.3, -0.25) is 19.8 Å². The monoisotopic (exact) mass is 313 g/mol. The number of hydrogen-bond donors (Lipinski definition) is 2. The number of benzene rings is 1. The summed E-state index contributed by atoms with van der Waals surface area (Å²) in [5.74, 6) is -1.47. The molecule has 1 aromatic heterocycles. The van der Waals surface area contributed by atoms with Gasteiger partial charge in [-0.1, -0.05) is 0 Å². The van der Waals surface area contributed by atoms with E-state index in [4.69, 9.17) is 0 Å². The molecule has 0 aliphatic rings. The minimum absolute atomic E-state index is 0.273. The normalized spacial score (nSPS) is 11.1. The van der Waals surface area contributed by atoms with Gasteiger partial charge in [0.25, 0.3) is 15.7 Å². The van der Waals surface area contributed by atoms with Gasteiger partial charge in [0, 0.05) is 12.3 Å². The average Bonchev–Trinajstić information content (AvgIpc) is 2.40. The highest BCUT2D eigenvalue weighted by molar-refractivity contribution is 7.92. The lowest BCUT2D eigenvalue weighted by molar-refractivity contribution is -0.384. The molecule has 0 atom stereocenters. The summed E-state index contributed by atoms with van der Waals surface area (Å²) in [5.41, 5.74) is -0.673. The number of aromatic hydroxyl groups is 1. The summed E-state index contributed by atoms with van der Waals surface area (Å²) in [6.07, 6.45) is 1.76. The standard InChI is InChI=1S/C11H8FN3O5S/c12-7-3-9(6-13-5-7)21(19,20)14-10-2-1-8(15(17)18)4-11(10)16/h1-6,14,16H. The number of phenols is 1. The Labute approximate surface area is 118 Å². The second-order valence-electron chi connectivity index (χ2n) is 3.90. The van der Waals surface area contributed by atoms with Crippen molar-refractivity contribution in [1.29, 1.82) is 0 Å². The van der Waals surface area contributed by atoms with Crippen molar-refractivity contribution in [2.45, 2.75) is 4.90 Å². The molecule has 0 spiro atoms. The molecule has 0 aliphatic heterocycles. The molecular formula is C11H8FN3O5S. The van der Waals surface area contributed by atoms with Crippen molar-refractivity contribution in [2.75, 3.05) is 4.72 Å². The summed E-state index contributed by atoms with van der Waals surface area (Å²) in [6.45, 7) is 0. The van der Waals surface area contributed by atoms with Crippen LogP contribution in [0.3, 0.4) is 0 Å². The fourth-order valence-corrected chi connectivity index (χ4v) is 2.51. The van der Waals surface area contributed by atoms with Gasteiger partial charge >= 0.3 is 0 Å². The topological polar surface area (TPSA) is 122 Å². The van der Waals surface area contributed by atoms with E-state index in [1.165, 1.54) is 0 Å². The quantitative estimate of drug-likeness (QED) is 0.502. The second-order valence-corrected chi connectivity index (χ2v) is 5.59. The molecule has 0 fully saturated rings. The summed E-state index contributed by atoms with van der Waals surface area (Å²) < 4.78 is 38.9. The first-order valence-electron chi connectivity index (χ1n) is 5.40. The fourth-order valence-electron chi connectivity index (χ4n) is 1.46. The SMILES string of the molecule is O=[N+]([O-])c1ccc(NS(=O)(=O)c2cncc(F)c2)c(O)c1. The first-order valence-corrected chi connectivity index (χ1v) is 6.89. The van der Waals surface area contributed by atoms with Crippen LogP contribution in [-0.2, 0) is 10.0 Å². The highest BCUT2D eigenvalue weighted by Crippen LogP contribution is 2.29. The molecule has 0 saturated carbocycles. The Morgan fingerprint density at radius 3 is 2.57 bits per heavy atom. The number of nitro benzene ring substituents is 1. The van der Waals surface area contributed by atoms with Crippen LogP contribution in [0.5, 0.6) is 5.75 Å². The Kier molecular flexibility index (Phi) is 3.72. The molecule has 2 N–H and O–H groups in total. The lowest BCUT2D eigenvalue weighted by atomic mass is 10.3. The van der Waals surface area contributed by atoms with Gasteiger partial charge in [-0.2, -0.15) is 0 Å². The molecule has 0 aliphatic carbocycles. The Balaban J connectivity index is 2.35. The molecule has 0 bridgehead atoms. The van der Waals surface area contributed by atoms with Crippen LogP contribution >= 0.6 is 0 Å². The van der Waals surface area contributed by atoms with Gasteiger partial charge in [-0.15, -0.1) is 0 Å². The van der Waals surface area contributed by atoms with Gasteiger partial charge in [0.2, 0.25) is 0 Å². The second kappa shape index (κ2) is 5.32. The van der Waals surface area contributed by atoms with Crippen molar-refractivity contribution >= 4 is 21.4 Å². The van der Waals surface area contributed by atoms with Crippen LogP contribution in [0.4, 0.5) is 15.8 Å². The van der Waals surface area contributed by atoms with Crippen molar-refractivity contribution in [3.05, 3.63) is 52.6 Å². The zero-order valence-electron chi connectivity index (χ0n) is 10.2. The lowest BCUT2D eigenvalue weighted by Gasteiger charge is -2.09. The first-order chi connectivity index (χ1) is 9.79. The van der Waals surface area contributed by atoms with Crippen molar-refractivity contribution in [2.24, 2.45) is 0 Å². The van der Waals surface area contributed by atoms with Crippen molar-refractivity contribution in [1.82, 2.24) is 4.98 Å². The Morgan fingerprint density at radius 2 is 2.00 bits per heavy atom. The smallest absolute Gasteiger partial charge is 0.273 e. The van der Waals surface area contributed by atoms with Gasteiger partial charge in [-0.05, 0) is 12.1 Å². The van der Waals surface area contributed by atoms with Gasteiger partial charge in [-0.25, -0.2) is 12.8 Å². The fraction of sp³-hybridized carbons (Fsp3) is 0. The van der Waals surface area contributed by atoms with E-state index in [1.54, 1.807) is 0 Å². The van der Waals surface area contributed by atoms with E-state index in [0.717, 1.165) is 36.7 Å². The van der Waals surface area contributed by atoms with Crippen LogP contribution in [0, 0.1) is 15.9 Å². The summed E-state index contributed by atoms with van der Waals surface area (Å²) in [7, 11) is -4.17. The predicted octanol–water partition coefficient (Wildman–Crippen LogP) is 1.64. The predicted molar refractivity (Wildman–Crippen MR) is 69.8 cm³/mol. The summed E-state index contributed by atoms with van der Waals surface area (Å²) in [4.78, 5) is 12.7. The van der Waals surface area contributed by atoms with Crippen LogP contribution in [0.1, 0.15) is 0 Å². The molecule has 1 heterocycles.